The van der Waals surface area contributed by atoms with Crippen LogP contribution < -0.4 is 5.32 Å². The lowest BCUT2D eigenvalue weighted by Crippen LogP contribution is -2.41. The molecular formula is C23H26N8O. The van der Waals surface area contributed by atoms with Crippen molar-refractivity contribution in [3.63, 3.8) is 0 Å². The Morgan fingerprint density at radius 3 is 2.84 bits per heavy atom. The molecule has 0 aromatic carbocycles. The first-order chi connectivity index (χ1) is 15.7. The predicted octanol–water partition coefficient (Wildman–Crippen LogP) is 3.32. The molecule has 1 amide bonds. The highest BCUT2D eigenvalue weighted by molar-refractivity contribution is 5.93. The number of likely N-dealkylation sites (tertiary alicyclic amines) is 1. The number of aromatic nitrogens is 6. The number of aryl methyl sites for hydroxylation is 1. The maximum absolute atomic E-state index is 12.0. The van der Waals surface area contributed by atoms with Crippen LogP contribution in [0.5, 0.6) is 0 Å². The van der Waals surface area contributed by atoms with Crippen LogP contribution in [0.1, 0.15) is 44.3 Å². The normalized spacial score (nSPS) is 21.7. The van der Waals surface area contributed by atoms with E-state index >= 15 is 0 Å². The van der Waals surface area contributed by atoms with Crippen molar-refractivity contribution >= 4 is 28.5 Å². The second-order valence-electron chi connectivity index (χ2n) is 8.89. The van der Waals surface area contributed by atoms with Gasteiger partial charge in [0.1, 0.15) is 11.5 Å². The van der Waals surface area contributed by atoms with Gasteiger partial charge in [-0.1, -0.05) is 0 Å². The van der Waals surface area contributed by atoms with Crippen LogP contribution in [-0.2, 0) is 4.79 Å². The Labute approximate surface area is 185 Å². The quantitative estimate of drug-likeness (QED) is 0.515. The Morgan fingerprint density at radius 1 is 1.16 bits per heavy atom. The highest BCUT2D eigenvalue weighted by Gasteiger charge is 2.31. The summed E-state index contributed by atoms with van der Waals surface area (Å²) in [6.45, 7) is 2.87. The lowest BCUT2D eigenvalue weighted by atomic mass is 9.90. The van der Waals surface area contributed by atoms with Crippen LogP contribution >= 0.6 is 0 Å². The SMILES string of the molecule is Cc1nnc2ccc(-c3c[nH]c4nc(N[C@H]5CC[C@@H](N6CCCC6=O)CC5)ncc34)cn12. The molecule has 0 radical (unpaired) electrons. The van der Waals surface area contributed by atoms with Gasteiger partial charge in [-0.2, -0.15) is 4.98 Å². The molecule has 1 aliphatic carbocycles. The average molecular weight is 431 g/mol. The molecule has 2 N–H and O–H groups in total. The topological polar surface area (TPSA) is 104 Å². The number of hydrogen-bond acceptors (Lipinski definition) is 6. The van der Waals surface area contributed by atoms with Gasteiger partial charge in [0.05, 0.1) is 0 Å². The van der Waals surface area contributed by atoms with Crippen molar-refractivity contribution in [1.29, 1.82) is 0 Å². The molecule has 1 saturated carbocycles. The minimum atomic E-state index is 0.330. The fourth-order valence-electron chi connectivity index (χ4n) is 5.15. The minimum absolute atomic E-state index is 0.330. The second-order valence-corrected chi connectivity index (χ2v) is 8.89. The zero-order valence-corrected chi connectivity index (χ0v) is 18.1. The summed E-state index contributed by atoms with van der Waals surface area (Å²) < 4.78 is 1.98. The molecule has 32 heavy (non-hydrogen) atoms. The highest BCUT2D eigenvalue weighted by Crippen LogP contribution is 2.30. The molecule has 4 aromatic rings. The molecule has 0 unspecified atom stereocenters. The summed E-state index contributed by atoms with van der Waals surface area (Å²) in [5.74, 6) is 1.83. The van der Waals surface area contributed by atoms with Crippen LogP contribution in [0.4, 0.5) is 5.95 Å². The van der Waals surface area contributed by atoms with Crippen LogP contribution in [0.15, 0.2) is 30.7 Å². The summed E-state index contributed by atoms with van der Waals surface area (Å²) in [4.78, 5) is 26.7. The number of H-pyrrole nitrogens is 1. The lowest BCUT2D eigenvalue weighted by molar-refractivity contribution is -0.130. The summed E-state index contributed by atoms with van der Waals surface area (Å²) in [5, 5.41) is 12.8. The third kappa shape index (κ3) is 3.28. The molecule has 2 aliphatic rings. The van der Waals surface area contributed by atoms with Crippen LogP contribution in [0.25, 0.3) is 27.8 Å². The number of carbonyl (C=O) groups excluding carboxylic acids is 1. The predicted molar refractivity (Wildman–Crippen MR) is 121 cm³/mol. The van der Waals surface area contributed by atoms with Gasteiger partial charge in [0.25, 0.3) is 0 Å². The number of nitrogens with zero attached hydrogens (tertiary/aromatic N) is 6. The number of rotatable bonds is 4. The first kappa shape index (κ1) is 19.2. The fraction of sp³-hybridized carbons (Fsp3) is 0.435. The molecule has 0 spiro atoms. The van der Waals surface area contributed by atoms with E-state index in [1.165, 1.54) is 0 Å². The Balaban J connectivity index is 1.17. The summed E-state index contributed by atoms with van der Waals surface area (Å²) in [6, 6.07) is 4.76. The van der Waals surface area contributed by atoms with Crippen molar-refractivity contribution in [2.24, 2.45) is 0 Å². The van der Waals surface area contributed by atoms with E-state index in [0.29, 0.717) is 23.9 Å². The van der Waals surface area contributed by atoms with Gasteiger partial charge in [0.2, 0.25) is 11.9 Å². The van der Waals surface area contributed by atoms with E-state index < -0.39 is 0 Å². The monoisotopic (exact) mass is 430 g/mol. The Kier molecular flexibility index (Phi) is 4.55. The molecule has 0 bridgehead atoms. The van der Waals surface area contributed by atoms with E-state index in [9.17, 15) is 4.79 Å². The van der Waals surface area contributed by atoms with Gasteiger partial charge >= 0.3 is 0 Å². The summed E-state index contributed by atoms with van der Waals surface area (Å²) in [5.41, 5.74) is 3.76. The first-order valence-electron chi connectivity index (χ1n) is 11.4. The third-order valence-corrected chi connectivity index (χ3v) is 6.90. The van der Waals surface area contributed by atoms with Gasteiger partial charge in [-0.05, 0) is 51.2 Å². The van der Waals surface area contributed by atoms with Crippen molar-refractivity contribution in [3.05, 3.63) is 36.5 Å². The Morgan fingerprint density at radius 2 is 2.03 bits per heavy atom. The van der Waals surface area contributed by atoms with Gasteiger partial charge in [-0.25, -0.2) is 4.98 Å². The van der Waals surface area contributed by atoms with Gasteiger partial charge in [0, 0.05) is 60.2 Å². The molecule has 9 nitrogen and oxygen atoms in total. The molecule has 4 aromatic heterocycles. The van der Waals surface area contributed by atoms with Gasteiger partial charge in [0.15, 0.2) is 5.65 Å². The van der Waals surface area contributed by atoms with Crippen molar-refractivity contribution < 1.29 is 4.79 Å². The first-order valence-corrected chi connectivity index (χ1v) is 11.4. The van der Waals surface area contributed by atoms with Gasteiger partial charge < -0.3 is 15.2 Å². The maximum Gasteiger partial charge on any atom is 0.224 e. The number of amides is 1. The van der Waals surface area contributed by atoms with E-state index in [1.54, 1.807) is 0 Å². The van der Waals surface area contributed by atoms with Crippen molar-refractivity contribution in [1.82, 2.24) is 34.4 Å². The van der Waals surface area contributed by atoms with Crippen LogP contribution in [-0.4, -0.2) is 59.0 Å². The Bertz CT molecular complexity index is 1300. The molecule has 6 rings (SSSR count). The van der Waals surface area contributed by atoms with Gasteiger partial charge in [-0.3, -0.25) is 9.20 Å². The zero-order valence-electron chi connectivity index (χ0n) is 18.1. The number of carbonyl (C=O) groups is 1. The summed E-state index contributed by atoms with van der Waals surface area (Å²) in [7, 11) is 0. The molecule has 164 valence electrons. The molecule has 0 atom stereocenters. The number of pyridine rings is 1. The molecule has 2 fully saturated rings. The van der Waals surface area contributed by atoms with E-state index in [2.05, 4.69) is 30.4 Å². The Hall–Kier alpha value is -3.49. The lowest BCUT2D eigenvalue weighted by Gasteiger charge is -2.34. The molecule has 1 saturated heterocycles. The highest BCUT2D eigenvalue weighted by atomic mass is 16.2. The number of aromatic amines is 1. The van der Waals surface area contributed by atoms with Crippen molar-refractivity contribution in [2.75, 3.05) is 11.9 Å². The van der Waals surface area contributed by atoms with E-state index in [-0.39, 0.29) is 0 Å². The minimum Gasteiger partial charge on any atom is -0.351 e. The zero-order chi connectivity index (χ0) is 21.7. The smallest absolute Gasteiger partial charge is 0.224 e. The average Bonchev–Trinajstić information content (AvgIpc) is 3.53. The largest absolute Gasteiger partial charge is 0.351 e. The molecule has 9 heteroatoms. The number of nitrogens with one attached hydrogen (secondary N) is 2. The van der Waals surface area contributed by atoms with Crippen LogP contribution in [0.2, 0.25) is 0 Å². The standard InChI is InChI=1S/C23H26N8O/c1-14-28-29-20-9-4-15(13-31(14)20)18-11-24-22-19(18)12-25-23(27-22)26-16-5-7-17(8-6-16)30-10-2-3-21(30)32/h4,9,11-13,16-17H,2-3,5-8,10H2,1H3,(H2,24,25,26,27)/t16-,17+. The number of anilines is 1. The van der Waals surface area contributed by atoms with E-state index in [1.807, 2.05) is 42.0 Å². The van der Waals surface area contributed by atoms with E-state index in [4.69, 9.17) is 4.98 Å². The summed E-state index contributed by atoms with van der Waals surface area (Å²) in [6.07, 6.45) is 11.8. The number of fused-ring (bicyclic) bond motifs is 2. The fourth-order valence-corrected chi connectivity index (χ4v) is 5.15. The van der Waals surface area contributed by atoms with Crippen molar-refractivity contribution in [3.8, 4) is 11.1 Å². The molecule has 1 aliphatic heterocycles. The second kappa shape index (κ2) is 7.58. The van der Waals surface area contributed by atoms with Crippen LogP contribution in [0.3, 0.4) is 0 Å². The molecular weight excluding hydrogens is 404 g/mol. The number of hydrogen-bond donors (Lipinski definition) is 2. The third-order valence-electron chi connectivity index (χ3n) is 6.90. The van der Waals surface area contributed by atoms with Gasteiger partial charge in [-0.15, -0.1) is 10.2 Å². The van der Waals surface area contributed by atoms with Crippen LogP contribution in [0, 0.1) is 6.92 Å². The maximum atomic E-state index is 12.0. The molecule has 5 heterocycles. The van der Waals surface area contributed by atoms with E-state index in [0.717, 1.165) is 78.7 Å². The summed E-state index contributed by atoms with van der Waals surface area (Å²) >= 11 is 0. The van der Waals surface area contributed by atoms with Crippen molar-refractivity contribution in [2.45, 2.75) is 57.5 Å².